The molecule has 3 heterocycles. The third-order valence-corrected chi connectivity index (χ3v) is 7.21. The van der Waals surface area contributed by atoms with E-state index in [1.807, 2.05) is 14.0 Å². The van der Waals surface area contributed by atoms with Gasteiger partial charge in [-0.2, -0.15) is 0 Å². The predicted octanol–water partition coefficient (Wildman–Crippen LogP) is 1.37. The summed E-state index contributed by atoms with van der Waals surface area (Å²) in [5.41, 5.74) is 1.02. The van der Waals surface area contributed by atoms with E-state index in [1.165, 1.54) is 11.3 Å². The first kappa shape index (κ1) is 14.5. The topological polar surface area (TPSA) is 67.4 Å². The Morgan fingerprint density at radius 1 is 1.45 bits per heavy atom. The fourth-order valence-electron chi connectivity index (χ4n) is 2.98. The lowest BCUT2D eigenvalue weighted by Gasteiger charge is -2.19. The zero-order valence-corrected chi connectivity index (χ0v) is 13.3. The lowest BCUT2D eigenvalue weighted by atomic mass is 9.96. The summed E-state index contributed by atoms with van der Waals surface area (Å²) >= 11 is 1.34. The number of aryl methyl sites for hydroxylation is 1. The summed E-state index contributed by atoms with van der Waals surface area (Å²) in [5.74, 6) is 0. The van der Waals surface area contributed by atoms with Crippen LogP contribution in [0.15, 0.2) is 10.3 Å². The van der Waals surface area contributed by atoms with Crippen molar-refractivity contribution in [3.63, 3.8) is 0 Å². The van der Waals surface area contributed by atoms with Crippen molar-refractivity contribution < 1.29 is 13.2 Å². The van der Waals surface area contributed by atoms with Crippen LogP contribution in [-0.4, -0.2) is 33.7 Å². The quantitative estimate of drug-likeness (QED) is 0.861. The average Bonchev–Trinajstić information content (AvgIpc) is 3.06. The van der Waals surface area contributed by atoms with Gasteiger partial charge >= 0.3 is 0 Å². The largest absolute Gasteiger partial charge is 0.373 e. The van der Waals surface area contributed by atoms with E-state index in [0.29, 0.717) is 10.8 Å². The van der Waals surface area contributed by atoms with E-state index in [0.717, 1.165) is 29.7 Å². The van der Waals surface area contributed by atoms with Crippen LogP contribution in [0.1, 0.15) is 29.7 Å². The van der Waals surface area contributed by atoms with Gasteiger partial charge < -0.3 is 10.1 Å². The van der Waals surface area contributed by atoms with E-state index in [4.69, 9.17) is 4.74 Å². The number of thiophene rings is 1. The monoisotopic (exact) mass is 316 g/mol. The molecule has 20 heavy (non-hydrogen) atoms. The van der Waals surface area contributed by atoms with Gasteiger partial charge in [-0.15, -0.1) is 11.3 Å². The fraction of sp³-hybridized carbons (Fsp3) is 0.692. The van der Waals surface area contributed by atoms with E-state index in [-0.39, 0.29) is 18.2 Å². The molecule has 2 saturated heterocycles. The van der Waals surface area contributed by atoms with Gasteiger partial charge in [0.2, 0.25) is 10.0 Å². The maximum atomic E-state index is 12.5. The predicted molar refractivity (Wildman–Crippen MR) is 78.4 cm³/mol. The van der Waals surface area contributed by atoms with Crippen LogP contribution >= 0.6 is 11.3 Å². The van der Waals surface area contributed by atoms with Crippen molar-refractivity contribution >= 4 is 21.4 Å². The Bertz CT molecular complexity index is 597. The molecule has 0 saturated carbocycles. The van der Waals surface area contributed by atoms with Gasteiger partial charge in [-0.1, -0.05) is 0 Å². The lowest BCUT2D eigenvalue weighted by molar-refractivity contribution is 0.0996. The van der Waals surface area contributed by atoms with Crippen LogP contribution in [0.2, 0.25) is 0 Å². The summed E-state index contributed by atoms with van der Waals surface area (Å²) in [6.45, 7) is 2.64. The second kappa shape index (κ2) is 5.38. The number of nitrogens with one attached hydrogen (secondary N) is 2. The summed E-state index contributed by atoms with van der Waals surface area (Å²) in [7, 11) is -1.57. The Labute approximate surface area is 123 Å². The number of sulfonamides is 1. The van der Waals surface area contributed by atoms with Gasteiger partial charge in [0.15, 0.2) is 0 Å². The summed E-state index contributed by atoms with van der Waals surface area (Å²) in [6, 6.07) is 1.70. The highest BCUT2D eigenvalue weighted by Crippen LogP contribution is 2.35. The van der Waals surface area contributed by atoms with Crippen LogP contribution in [0.4, 0.5) is 0 Å². The minimum atomic E-state index is -3.43. The van der Waals surface area contributed by atoms with E-state index in [1.54, 1.807) is 6.07 Å². The van der Waals surface area contributed by atoms with Crippen LogP contribution in [0.5, 0.6) is 0 Å². The van der Waals surface area contributed by atoms with E-state index in [2.05, 4.69) is 10.0 Å². The van der Waals surface area contributed by atoms with Crippen molar-refractivity contribution in [2.75, 3.05) is 7.05 Å². The van der Waals surface area contributed by atoms with Gasteiger partial charge in [0, 0.05) is 11.4 Å². The standard InChI is InChI=1S/C13H20N2O3S2/c1-8-5-13(19-12(8)7-14-2)20(16,17)15-10-6-9-3-4-11(10)18-9/h5,9-11,14-15H,3-4,6-7H2,1-2H3. The molecule has 0 aromatic carbocycles. The molecular formula is C13H20N2O3S2. The van der Waals surface area contributed by atoms with Crippen LogP contribution in [0.3, 0.4) is 0 Å². The minimum absolute atomic E-state index is 0.0612. The molecule has 0 amide bonds. The van der Waals surface area contributed by atoms with Crippen molar-refractivity contribution in [2.24, 2.45) is 0 Å². The van der Waals surface area contributed by atoms with Crippen molar-refractivity contribution in [3.05, 3.63) is 16.5 Å². The number of hydrogen-bond acceptors (Lipinski definition) is 5. The highest BCUT2D eigenvalue weighted by molar-refractivity contribution is 7.91. The summed E-state index contributed by atoms with van der Waals surface area (Å²) in [5, 5.41) is 3.06. The molecule has 5 nitrogen and oxygen atoms in total. The molecule has 112 valence electrons. The van der Waals surface area contributed by atoms with Crippen LogP contribution < -0.4 is 10.0 Å². The Kier molecular flexibility index (Phi) is 3.89. The van der Waals surface area contributed by atoms with Crippen molar-refractivity contribution in [3.8, 4) is 0 Å². The number of ether oxygens (including phenoxy) is 1. The fourth-order valence-corrected chi connectivity index (χ4v) is 5.87. The van der Waals surface area contributed by atoms with E-state index >= 15 is 0 Å². The molecule has 2 N–H and O–H groups in total. The molecule has 0 aliphatic carbocycles. The molecule has 3 rings (SSSR count). The average molecular weight is 316 g/mol. The smallest absolute Gasteiger partial charge is 0.250 e. The molecule has 7 heteroatoms. The first-order chi connectivity index (χ1) is 9.49. The van der Waals surface area contributed by atoms with E-state index in [9.17, 15) is 8.42 Å². The van der Waals surface area contributed by atoms with Gasteiger partial charge in [0.25, 0.3) is 0 Å². The molecule has 2 aliphatic rings. The molecule has 1 aromatic rings. The molecule has 2 aliphatic heterocycles. The van der Waals surface area contributed by atoms with Crippen molar-refractivity contribution in [1.29, 1.82) is 0 Å². The van der Waals surface area contributed by atoms with Crippen molar-refractivity contribution in [2.45, 2.75) is 55.2 Å². The highest BCUT2D eigenvalue weighted by atomic mass is 32.2. The summed E-state index contributed by atoms with van der Waals surface area (Å²) in [4.78, 5) is 1.07. The van der Waals surface area contributed by atoms with Crippen LogP contribution in [-0.2, 0) is 21.3 Å². The van der Waals surface area contributed by atoms with Gasteiger partial charge in [-0.05, 0) is 44.9 Å². The second-order valence-electron chi connectivity index (χ2n) is 5.54. The van der Waals surface area contributed by atoms with Gasteiger partial charge in [0.1, 0.15) is 4.21 Å². The maximum Gasteiger partial charge on any atom is 0.250 e. The van der Waals surface area contributed by atoms with Crippen molar-refractivity contribution in [1.82, 2.24) is 10.0 Å². The molecule has 0 spiro atoms. The lowest BCUT2D eigenvalue weighted by Crippen LogP contribution is -2.41. The Morgan fingerprint density at radius 2 is 2.25 bits per heavy atom. The number of fused-ring (bicyclic) bond motifs is 2. The molecule has 2 fully saturated rings. The van der Waals surface area contributed by atoms with Crippen LogP contribution in [0.25, 0.3) is 0 Å². The van der Waals surface area contributed by atoms with Gasteiger partial charge in [-0.3, -0.25) is 0 Å². The molecule has 0 radical (unpaired) electrons. The molecule has 1 aromatic heterocycles. The number of rotatable bonds is 5. The molecule has 3 unspecified atom stereocenters. The summed E-state index contributed by atoms with van der Waals surface area (Å²) < 4.78 is 33.8. The SMILES string of the molecule is CNCc1sc(S(=O)(=O)NC2CC3CCC2O3)cc1C. The summed E-state index contributed by atoms with van der Waals surface area (Å²) in [6.07, 6.45) is 3.14. The molecule has 2 bridgehead atoms. The molecular weight excluding hydrogens is 296 g/mol. The third kappa shape index (κ3) is 2.65. The zero-order chi connectivity index (χ0) is 14.3. The first-order valence-corrected chi connectivity index (χ1v) is 9.21. The maximum absolute atomic E-state index is 12.5. The Hall–Kier alpha value is -0.470. The highest BCUT2D eigenvalue weighted by Gasteiger charge is 2.42. The molecule has 3 atom stereocenters. The number of hydrogen-bond donors (Lipinski definition) is 2. The Morgan fingerprint density at radius 3 is 2.85 bits per heavy atom. The Balaban J connectivity index is 1.76. The third-order valence-electron chi connectivity index (χ3n) is 4.01. The zero-order valence-electron chi connectivity index (χ0n) is 11.7. The van der Waals surface area contributed by atoms with E-state index < -0.39 is 10.0 Å². The minimum Gasteiger partial charge on any atom is -0.373 e. The van der Waals surface area contributed by atoms with Crippen LogP contribution in [0, 0.1) is 6.92 Å². The van der Waals surface area contributed by atoms with Gasteiger partial charge in [-0.25, -0.2) is 13.1 Å². The second-order valence-corrected chi connectivity index (χ2v) is 8.62. The van der Waals surface area contributed by atoms with Gasteiger partial charge in [0.05, 0.1) is 18.2 Å². The first-order valence-electron chi connectivity index (χ1n) is 6.91. The normalized spacial score (nSPS) is 29.2.